The highest BCUT2D eigenvalue weighted by molar-refractivity contribution is 6.23. The van der Waals surface area contributed by atoms with Gasteiger partial charge in [0.1, 0.15) is 6.54 Å². The maximum atomic E-state index is 2.33. The summed E-state index contributed by atoms with van der Waals surface area (Å²) < 4.78 is 2.27. The highest BCUT2D eigenvalue weighted by Crippen LogP contribution is 2.36. The molecule has 0 aliphatic carbocycles. The molecule has 5 rings (SSSR count). The molecule has 0 aliphatic rings. The summed E-state index contributed by atoms with van der Waals surface area (Å²) in [5.41, 5.74) is 1.48. The van der Waals surface area contributed by atoms with E-state index in [-0.39, 0.29) is 0 Å². The largest absolute Gasteiger partial charge is 0.205 e. The zero-order valence-electron chi connectivity index (χ0n) is 14.9. The molecule has 0 aliphatic heterocycles. The molecule has 0 saturated carbocycles. The Labute approximate surface area is 153 Å². The van der Waals surface area contributed by atoms with Crippen molar-refractivity contribution in [3.05, 3.63) is 90.8 Å². The number of aromatic nitrogens is 1. The monoisotopic (exact) mass is 336 g/mol. The van der Waals surface area contributed by atoms with Gasteiger partial charge in [0.15, 0.2) is 12.4 Å². The molecule has 26 heavy (non-hydrogen) atoms. The second-order valence-electron chi connectivity index (χ2n) is 7.15. The van der Waals surface area contributed by atoms with Crippen LogP contribution in [-0.2, 0) is 13.0 Å². The molecule has 0 N–H and O–H groups in total. The van der Waals surface area contributed by atoms with Gasteiger partial charge < -0.3 is 0 Å². The van der Waals surface area contributed by atoms with E-state index in [0.717, 1.165) is 13.0 Å². The second kappa shape index (κ2) is 6.42. The van der Waals surface area contributed by atoms with Gasteiger partial charge in [-0.25, -0.2) is 4.57 Å². The average Bonchev–Trinajstić information content (AvgIpc) is 2.71. The fourth-order valence-corrected chi connectivity index (χ4v) is 4.21. The third kappa shape index (κ3) is 2.61. The molecule has 1 aromatic heterocycles. The number of unbranched alkanes of at least 4 members (excludes halogenated alkanes) is 1. The van der Waals surface area contributed by atoms with Gasteiger partial charge in [-0.1, -0.05) is 60.7 Å². The SMILES string of the molecule is c1cc[n+](CCCCc2ccc3ccc4cccc5ccc2c3c45)cc1. The van der Waals surface area contributed by atoms with Crippen molar-refractivity contribution in [2.75, 3.05) is 0 Å². The number of nitrogens with zero attached hydrogens (tertiary/aromatic N) is 1. The summed E-state index contributed by atoms with van der Waals surface area (Å²) in [6.45, 7) is 1.09. The van der Waals surface area contributed by atoms with Gasteiger partial charge in [0.2, 0.25) is 0 Å². The van der Waals surface area contributed by atoms with Crippen LogP contribution in [0.4, 0.5) is 0 Å². The Hall–Kier alpha value is -2.93. The van der Waals surface area contributed by atoms with Crippen LogP contribution in [-0.4, -0.2) is 0 Å². The molecule has 0 radical (unpaired) electrons. The molecule has 0 spiro atoms. The number of rotatable bonds is 5. The van der Waals surface area contributed by atoms with E-state index in [4.69, 9.17) is 0 Å². The van der Waals surface area contributed by atoms with Crippen LogP contribution < -0.4 is 4.57 Å². The molecular formula is C25H22N+. The normalized spacial score (nSPS) is 11.7. The third-order valence-corrected chi connectivity index (χ3v) is 5.51. The van der Waals surface area contributed by atoms with Crippen LogP contribution in [0, 0.1) is 0 Å². The van der Waals surface area contributed by atoms with Crippen LogP contribution in [0.5, 0.6) is 0 Å². The molecule has 1 heterocycles. The highest BCUT2D eigenvalue weighted by atomic mass is 14.9. The third-order valence-electron chi connectivity index (χ3n) is 5.51. The quantitative estimate of drug-likeness (QED) is 0.214. The minimum Gasteiger partial charge on any atom is -0.205 e. The zero-order valence-corrected chi connectivity index (χ0v) is 14.9. The van der Waals surface area contributed by atoms with Gasteiger partial charge in [-0.15, -0.1) is 0 Å². The number of aryl methyl sites for hydroxylation is 2. The van der Waals surface area contributed by atoms with Crippen molar-refractivity contribution in [2.24, 2.45) is 0 Å². The fraction of sp³-hybridized carbons (Fsp3) is 0.160. The van der Waals surface area contributed by atoms with Gasteiger partial charge in [0, 0.05) is 18.6 Å². The number of pyridine rings is 1. The predicted molar refractivity (Wildman–Crippen MR) is 110 cm³/mol. The van der Waals surface area contributed by atoms with Gasteiger partial charge in [0.05, 0.1) is 0 Å². The van der Waals surface area contributed by atoms with Crippen LogP contribution >= 0.6 is 0 Å². The maximum absolute atomic E-state index is 2.33. The first kappa shape index (κ1) is 15.3. The minimum absolute atomic E-state index is 1.09. The summed E-state index contributed by atoms with van der Waals surface area (Å²) in [5, 5.41) is 8.34. The minimum atomic E-state index is 1.09. The van der Waals surface area contributed by atoms with Gasteiger partial charge in [0.25, 0.3) is 0 Å². The number of hydrogen-bond donors (Lipinski definition) is 0. The first-order valence-corrected chi connectivity index (χ1v) is 9.50. The van der Waals surface area contributed by atoms with Crippen molar-refractivity contribution in [2.45, 2.75) is 25.8 Å². The topological polar surface area (TPSA) is 3.88 Å². The summed E-state index contributed by atoms with van der Waals surface area (Å²) in [4.78, 5) is 0. The molecule has 1 nitrogen and oxygen atoms in total. The predicted octanol–water partition coefficient (Wildman–Crippen LogP) is 5.89. The van der Waals surface area contributed by atoms with Gasteiger partial charge in [-0.05, 0) is 50.7 Å². The lowest BCUT2D eigenvalue weighted by Crippen LogP contribution is -2.32. The summed E-state index contributed by atoms with van der Waals surface area (Å²) in [5.74, 6) is 0. The molecule has 5 aromatic rings. The first-order valence-electron chi connectivity index (χ1n) is 9.50. The molecule has 0 unspecified atom stereocenters. The van der Waals surface area contributed by atoms with Gasteiger partial charge in [-0.2, -0.15) is 0 Å². The molecule has 0 saturated heterocycles. The molecular weight excluding hydrogens is 314 g/mol. The molecule has 0 bridgehead atoms. The Morgan fingerprint density at radius 2 is 1.27 bits per heavy atom. The van der Waals surface area contributed by atoms with Crippen LogP contribution in [0.15, 0.2) is 85.2 Å². The second-order valence-corrected chi connectivity index (χ2v) is 7.15. The fourth-order valence-electron chi connectivity index (χ4n) is 4.21. The number of hydrogen-bond acceptors (Lipinski definition) is 0. The van der Waals surface area contributed by atoms with E-state index in [1.165, 1.54) is 50.7 Å². The molecule has 0 amide bonds. The summed E-state index contributed by atoms with van der Waals surface area (Å²) >= 11 is 0. The van der Waals surface area contributed by atoms with E-state index in [9.17, 15) is 0 Å². The van der Waals surface area contributed by atoms with Crippen molar-refractivity contribution >= 4 is 32.3 Å². The lowest BCUT2D eigenvalue weighted by atomic mass is 9.90. The van der Waals surface area contributed by atoms with Crippen LogP contribution in [0.3, 0.4) is 0 Å². The van der Waals surface area contributed by atoms with E-state index in [1.807, 2.05) is 0 Å². The summed E-state index contributed by atoms with van der Waals surface area (Å²) in [6, 6.07) is 26.6. The maximum Gasteiger partial charge on any atom is 0.168 e. The smallest absolute Gasteiger partial charge is 0.168 e. The Morgan fingerprint density at radius 3 is 2.08 bits per heavy atom. The van der Waals surface area contributed by atoms with E-state index < -0.39 is 0 Å². The van der Waals surface area contributed by atoms with Crippen molar-refractivity contribution in [3.8, 4) is 0 Å². The van der Waals surface area contributed by atoms with Gasteiger partial charge in [-0.3, -0.25) is 0 Å². The van der Waals surface area contributed by atoms with Crippen molar-refractivity contribution in [3.63, 3.8) is 0 Å². The molecule has 0 fully saturated rings. The number of benzene rings is 4. The molecule has 1 heteroatoms. The van der Waals surface area contributed by atoms with Crippen molar-refractivity contribution in [1.29, 1.82) is 0 Å². The highest BCUT2D eigenvalue weighted by Gasteiger charge is 2.10. The molecule has 4 aromatic carbocycles. The lowest BCUT2D eigenvalue weighted by molar-refractivity contribution is -0.697. The Morgan fingerprint density at radius 1 is 0.577 bits per heavy atom. The Balaban J connectivity index is 1.46. The molecule has 0 atom stereocenters. The van der Waals surface area contributed by atoms with Gasteiger partial charge >= 0.3 is 0 Å². The van der Waals surface area contributed by atoms with E-state index in [2.05, 4.69) is 89.8 Å². The van der Waals surface area contributed by atoms with E-state index in [1.54, 1.807) is 0 Å². The van der Waals surface area contributed by atoms with Crippen LogP contribution in [0.25, 0.3) is 32.3 Å². The lowest BCUT2D eigenvalue weighted by Gasteiger charge is -2.13. The average molecular weight is 336 g/mol. The van der Waals surface area contributed by atoms with Crippen molar-refractivity contribution < 1.29 is 4.57 Å². The van der Waals surface area contributed by atoms with Crippen LogP contribution in [0.2, 0.25) is 0 Å². The zero-order chi connectivity index (χ0) is 17.3. The van der Waals surface area contributed by atoms with E-state index >= 15 is 0 Å². The van der Waals surface area contributed by atoms with E-state index in [0.29, 0.717) is 0 Å². The first-order chi connectivity index (χ1) is 12.9. The van der Waals surface area contributed by atoms with Crippen LogP contribution in [0.1, 0.15) is 18.4 Å². The Bertz CT molecular complexity index is 1160. The Kier molecular flexibility index (Phi) is 3.79. The summed E-state index contributed by atoms with van der Waals surface area (Å²) in [7, 11) is 0. The summed E-state index contributed by atoms with van der Waals surface area (Å²) in [6.07, 6.45) is 7.86. The molecule has 126 valence electrons. The van der Waals surface area contributed by atoms with Crippen molar-refractivity contribution in [1.82, 2.24) is 0 Å². The standard InChI is InChI=1S/C25H22N/c1-3-16-26(17-4-1)18-5-2-7-19-10-11-22-13-12-20-8-6-9-21-14-15-23(19)25(22)24(20)21/h1,3-4,6,8-17H,2,5,7,18H2/q+1.